The molecule has 1 fully saturated rings. The maximum atomic E-state index is 12.2. The van der Waals surface area contributed by atoms with E-state index in [-0.39, 0.29) is 0 Å². The van der Waals surface area contributed by atoms with Crippen molar-refractivity contribution in [3.8, 4) is 11.1 Å². The van der Waals surface area contributed by atoms with Crippen LogP contribution < -0.4 is 5.73 Å². The summed E-state index contributed by atoms with van der Waals surface area (Å²) in [5, 5.41) is 4.83. The van der Waals surface area contributed by atoms with E-state index >= 15 is 0 Å². The summed E-state index contributed by atoms with van der Waals surface area (Å²) in [5.74, 6) is -0.428. The van der Waals surface area contributed by atoms with Crippen molar-refractivity contribution in [1.82, 2.24) is 9.78 Å². The summed E-state index contributed by atoms with van der Waals surface area (Å²) < 4.78 is 7.05. The van der Waals surface area contributed by atoms with Gasteiger partial charge in [-0.05, 0) is 38.3 Å². The summed E-state index contributed by atoms with van der Waals surface area (Å²) in [6, 6.07) is 3.69. The van der Waals surface area contributed by atoms with Crippen molar-refractivity contribution in [1.29, 1.82) is 0 Å². The molecule has 0 saturated heterocycles. The number of nitrogens with two attached hydrogens (primary N) is 1. The predicted octanol–water partition coefficient (Wildman–Crippen LogP) is 3.69. The van der Waals surface area contributed by atoms with Crippen LogP contribution in [0.1, 0.15) is 42.6 Å². The van der Waals surface area contributed by atoms with E-state index in [0.717, 1.165) is 18.4 Å². The van der Waals surface area contributed by atoms with Gasteiger partial charge in [-0.15, -0.1) is 0 Å². The second-order valence-electron chi connectivity index (χ2n) is 5.44. The smallest absolute Gasteiger partial charge is 0.338 e. The van der Waals surface area contributed by atoms with Gasteiger partial charge in [-0.2, -0.15) is 5.10 Å². The maximum absolute atomic E-state index is 12.2. The largest absolute Gasteiger partial charge is 0.462 e. The minimum Gasteiger partial charge on any atom is -0.462 e. The van der Waals surface area contributed by atoms with Gasteiger partial charge in [0.2, 0.25) is 0 Å². The van der Waals surface area contributed by atoms with Gasteiger partial charge in [0.1, 0.15) is 0 Å². The number of aromatic nitrogens is 2. The van der Waals surface area contributed by atoms with E-state index in [1.807, 2.05) is 10.9 Å². The molecule has 2 aromatic rings. The van der Waals surface area contributed by atoms with Crippen molar-refractivity contribution in [2.24, 2.45) is 0 Å². The van der Waals surface area contributed by atoms with Crippen LogP contribution in [0.25, 0.3) is 11.1 Å². The van der Waals surface area contributed by atoms with E-state index in [1.54, 1.807) is 25.3 Å². The lowest BCUT2D eigenvalue weighted by molar-refractivity contribution is 0.0527. The Hall–Kier alpha value is -2.01. The van der Waals surface area contributed by atoms with Crippen LogP contribution in [0, 0.1) is 0 Å². The van der Waals surface area contributed by atoms with Crippen molar-refractivity contribution in [3.63, 3.8) is 0 Å². The summed E-state index contributed by atoms with van der Waals surface area (Å²) in [7, 11) is 0. The van der Waals surface area contributed by atoms with Gasteiger partial charge < -0.3 is 10.5 Å². The highest BCUT2D eigenvalue weighted by atomic mass is 35.5. The molecule has 6 heteroatoms. The van der Waals surface area contributed by atoms with Gasteiger partial charge >= 0.3 is 5.97 Å². The SMILES string of the molecule is CCOC(=O)c1cc(N)cc(Cl)c1-c1cnn(C2CCC2)c1. The Balaban J connectivity index is 2.04. The molecule has 0 atom stereocenters. The molecular formula is C16H18ClN3O2. The zero-order valence-corrected chi connectivity index (χ0v) is 13.1. The molecule has 0 bridgehead atoms. The molecular weight excluding hydrogens is 302 g/mol. The zero-order valence-electron chi connectivity index (χ0n) is 12.4. The molecule has 22 heavy (non-hydrogen) atoms. The lowest BCUT2D eigenvalue weighted by atomic mass is 9.93. The van der Waals surface area contributed by atoms with Crippen LogP contribution in [0.2, 0.25) is 5.02 Å². The van der Waals surface area contributed by atoms with E-state index in [2.05, 4.69) is 5.10 Å². The highest BCUT2D eigenvalue weighted by molar-refractivity contribution is 6.34. The first-order valence-electron chi connectivity index (χ1n) is 7.40. The van der Waals surface area contributed by atoms with Gasteiger partial charge in [-0.3, -0.25) is 4.68 Å². The monoisotopic (exact) mass is 319 g/mol. The minimum atomic E-state index is -0.428. The van der Waals surface area contributed by atoms with Crippen LogP contribution >= 0.6 is 11.6 Å². The van der Waals surface area contributed by atoms with E-state index in [0.29, 0.717) is 34.5 Å². The molecule has 1 aliphatic rings. The summed E-state index contributed by atoms with van der Waals surface area (Å²) in [5.41, 5.74) is 8.05. The number of hydrogen-bond acceptors (Lipinski definition) is 4. The second kappa shape index (κ2) is 6.01. The first-order valence-corrected chi connectivity index (χ1v) is 7.78. The Kier molecular flexibility index (Phi) is 4.07. The first-order chi connectivity index (χ1) is 10.6. The molecule has 1 heterocycles. The normalized spacial score (nSPS) is 14.6. The molecule has 116 valence electrons. The van der Waals surface area contributed by atoms with E-state index in [4.69, 9.17) is 22.1 Å². The van der Waals surface area contributed by atoms with Gasteiger partial charge in [0.15, 0.2) is 0 Å². The second-order valence-corrected chi connectivity index (χ2v) is 5.85. The summed E-state index contributed by atoms with van der Waals surface area (Å²) in [6.07, 6.45) is 7.18. The Morgan fingerprint density at radius 1 is 1.50 bits per heavy atom. The van der Waals surface area contributed by atoms with Crippen LogP contribution in [-0.4, -0.2) is 22.4 Å². The Morgan fingerprint density at radius 2 is 2.27 bits per heavy atom. The molecule has 0 aliphatic heterocycles. The third kappa shape index (κ3) is 2.68. The van der Waals surface area contributed by atoms with Crippen molar-refractivity contribution in [2.75, 3.05) is 12.3 Å². The molecule has 1 aromatic carbocycles. The average molecular weight is 320 g/mol. The number of nitrogens with zero attached hydrogens (tertiary/aromatic N) is 2. The van der Waals surface area contributed by atoms with Crippen LogP contribution in [0.3, 0.4) is 0 Å². The van der Waals surface area contributed by atoms with Crippen molar-refractivity contribution in [2.45, 2.75) is 32.2 Å². The molecule has 0 amide bonds. The first kappa shape index (κ1) is 14.9. The zero-order chi connectivity index (χ0) is 15.7. The van der Waals surface area contributed by atoms with Crippen molar-refractivity contribution in [3.05, 3.63) is 35.1 Å². The van der Waals surface area contributed by atoms with Crippen LogP contribution in [0.5, 0.6) is 0 Å². The molecule has 1 aromatic heterocycles. The quantitative estimate of drug-likeness (QED) is 0.689. The fraction of sp³-hybridized carbons (Fsp3) is 0.375. The van der Waals surface area contributed by atoms with Crippen LogP contribution in [0.15, 0.2) is 24.5 Å². The van der Waals surface area contributed by atoms with Gasteiger partial charge in [-0.25, -0.2) is 4.79 Å². The van der Waals surface area contributed by atoms with Crippen molar-refractivity contribution >= 4 is 23.3 Å². The van der Waals surface area contributed by atoms with Gasteiger partial charge in [0.05, 0.1) is 29.4 Å². The third-order valence-corrected chi connectivity index (χ3v) is 4.24. The number of carbonyl (C=O) groups excluding carboxylic acids is 1. The number of halogens is 1. The van der Waals surface area contributed by atoms with Crippen molar-refractivity contribution < 1.29 is 9.53 Å². The number of hydrogen-bond donors (Lipinski definition) is 1. The average Bonchev–Trinajstić information content (AvgIpc) is 2.85. The summed E-state index contributed by atoms with van der Waals surface area (Å²) in [6.45, 7) is 2.06. The standard InChI is InChI=1S/C16H18ClN3O2/c1-2-22-16(21)13-6-11(18)7-14(17)15(13)10-8-19-20(9-10)12-4-3-5-12/h6-9,12H,2-5,18H2,1H3. The Morgan fingerprint density at radius 3 is 2.91 bits per heavy atom. The van der Waals surface area contributed by atoms with Crippen LogP contribution in [0.4, 0.5) is 5.69 Å². The summed E-state index contributed by atoms with van der Waals surface area (Å²) in [4.78, 5) is 12.2. The van der Waals surface area contributed by atoms with Gasteiger partial charge in [0, 0.05) is 23.0 Å². The Labute approximate surface area is 134 Å². The molecule has 0 spiro atoms. The molecule has 1 saturated carbocycles. The van der Waals surface area contributed by atoms with E-state index < -0.39 is 5.97 Å². The number of carbonyl (C=O) groups is 1. The van der Waals surface area contributed by atoms with Crippen LogP contribution in [-0.2, 0) is 4.74 Å². The molecule has 0 unspecified atom stereocenters. The molecule has 5 nitrogen and oxygen atoms in total. The number of anilines is 1. The number of benzene rings is 1. The van der Waals surface area contributed by atoms with Gasteiger partial charge in [-0.1, -0.05) is 11.6 Å². The lowest BCUT2D eigenvalue weighted by Gasteiger charge is -2.25. The predicted molar refractivity (Wildman–Crippen MR) is 85.9 cm³/mol. The van der Waals surface area contributed by atoms with E-state index in [9.17, 15) is 4.79 Å². The Bertz CT molecular complexity index is 707. The molecule has 0 radical (unpaired) electrons. The topological polar surface area (TPSA) is 70.1 Å². The number of nitrogen functional groups attached to an aromatic ring is 1. The highest BCUT2D eigenvalue weighted by Crippen LogP contribution is 2.36. The minimum absolute atomic E-state index is 0.298. The fourth-order valence-corrected chi connectivity index (χ4v) is 2.95. The third-order valence-electron chi connectivity index (χ3n) is 3.95. The fourth-order valence-electron chi connectivity index (χ4n) is 2.61. The van der Waals surface area contributed by atoms with Gasteiger partial charge in [0.25, 0.3) is 0 Å². The van der Waals surface area contributed by atoms with E-state index in [1.165, 1.54) is 6.42 Å². The number of esters is 1. The molecule has 3 rings (SSSR count). The number of rotatable bonds is 4. The summed E-state index contributed by atoms with van der Waals surface area (Å²) >= 11 is 6.33. The molecule has 2 N–H and O–H groups in total. The molecule has 1 aliphatic carbocycles. The number of ether oxygens (including phenoxy) is 1. The lowest BCUT2D eigenvalue weighted by Crippen LogP contribution is -2.17. The maximum Gasteiger partial charge on any atom is 0.338 e. The highest BCUT2D eigenvalue weighted by Gasteiger charge is 2.23.